The van der Waals surface area contributed by atoms with Gasteiger partial charge in [0.15, 0.2) is 11.5 Å². The maximum Gasteiger partial charge on any atom is 0.491 e. The van der Waals surface area contributed by atoms with Crippen molar-refractivity contribution in [1.82, 2.24) is 4.98 Å². The maximum atomic E-state index is 14.1. The number of anilines is 1. The molecule has 0 fully saturated rings. The van der Waals surface area contributed by atoms with E-state index in [0.29, 0.717) is 47.3 Å². The van der Waals surface area contributed by atoms with Gasteiger partial charge in [-0.2, -0.15) is 0 Å². The van der Waals surface area contributed by atoms with Crippen molar-refractivity contribution in [2.45, 2.75) is 18.6 Å². The molecule has 3 aliphatic rings. The lowest BCUT2D eigenvalue weighted by molar-refractivity contribution is -0.151. The third kappa shape index (κ3) is 2.46. The summed E-state index contributed by atoms with van der Waals surface area (Å²) in [6.07, 6.45) is -4.90. The van der Waals surface area contributed by atoms with Crippen molar-refractivity contribution >= 4 is 22.9 Å². The molecule has 3 aromatic rings. The van der Waals surface area contributed by atoms with Crippen LogP contribution in [0, 0.1) is 6.92 Å². The van der Waals surface area contributed by atoms with Crippen LogP contribution in [0.2, 0.25) is 0 Å². The lowest BCUT2D eigenvalue weighted by Crippen LogP contribution is -2.48. The summed E-state index contributed by atoms with van der Waals surface area (Å²) in [5.41, 5.74) is -0.325. The van der Waals surface area contributed by atoms with Crippen molar-refractivity contribution in [2.24, 2.45) is 0 Å². The number of thiazole rings is 1. The van der Waals surface area contributed by atoms with Crippen molar-refractivity contribution in [3.05, 3.63) is 51.8 Å². The normalized spacial score (nSPS) is 21.0. The predicted octanol–water partition coefficient (Wildman–Crippen LogP) is 4.43. The number of fused-ring (bicyclic) bond motifs is 5. The Morgan fingerprint density at radius 2 is 1.84 bits per heavy atom. The molecule has 2 aromatic carbocycles. The monoisotopic (exact) mass is 460 g/mol. The first kappa shape index (κ1) is 19.4. The number of aryl methyl sites for hydroxylation is 1. The molecule has 164 valence electrons. The molecule has 3 aliphatic heterocycles. The Kier molecular flexibility index (Phi) is 3.87. The van der Waals surface area contributed by atoms with Gasteiger partial charge in [-0.05, 0) is 19.1 Å². The van der Waals surface area contributed by atoms with Crippen LogP contribution in [0.4, 0.5) is 18.9 Å². The summed E-state index contributed by atoms with van der Waals surface area (Å²) >= 11 is 1.39. The second kappa shape index (κ2) is 6.38. The van der Waals surface area contributed by atoms with Crippen molar-refractivity contribution in [2.75, 3.05) is 24.7 Å². The molecule has 0 aliphatic carbocycles. The summed E-state index contributed by atoms with van der Waals surface area (Å²) in [6.45, 7) is 2.22. The molecule has 10 heteroatoms. The summed E-state index contributed by atoms with van der Waals surface area (Å²) in [5, 5.41) is 2.55. The second-order valence-corrected chi connectivity index (χ2v) is 8.81. The Morgan fingerprint density at radius 1 is 1.09 bits per heavy atom. The van der Waals surface area contributed by atoms with Crippen LogP contribution in [0.15, 0.2) is 35.7 Å². The van der Waals surface area contributed by atoms with Gasteiger partial charge in [0.25, 0.3) is 5.91 Å². The van der Waals surface area contributed by atoms with Crippen molar-refractivity contribution < 1.29 is 32.2 Å². The van der Waals surface area contributed by atoms with E-state index in [4.69, 9.17) is 14.2 Å². The molecule has 0 N–H and O–H groups in total. The summed E-state index contributed by atoms with van der Waals surface area (Å²) in [6, 6.07) is 7.67. The number of aromatic nitrogens is 1. The number of carbonyl (C=O) groups is 1. The molecule has 0 saturated carbocycles. The Bertz CT molecular complexity index is 1290. The Hall–Kier alpha value is -3.27. The highest BCUT2D eigenvalue weighted by Crippen LogP contribution is 2.58. The van der Waals surface area contributed by atoms with Crippen LogP contribution in [0.1, 0.15) is 16.1 Å². The van der Waals surface area contributed by atoms with Crippen LogP contribution in [0.3, 0.4) is 0 Å². The minimum atomic E-state index is -4.90. The van der Waals surface area contributed by atoms with Crippen LogP contribution in [0.5, 0.6) is 17.2 Å². The fourth-order valence-corrected chi connectivity index (χ4v) is 5.32. The van der Waals surface area contributed by atoms with Gasteiger partial charge in [0.2, 0.25) is 0 Å². The molecule has 1 amide bonds. The van der Waals surface area contributed by atoms with Gasteiger partial charge < -0.3 is 14.2 Å². The first-order valence-electron chi connectivity index (χ1n) is 9.85. The average Bonchev–Trinajstić information content (AvgIpc) is 3.42. The van der Waals surface area contributed by atoms with Crippen molar-refractivity contribution in [1.29, 1.82) is 0 Å². The second-order valence-electron chi connectivity index (χ2n) is 7.75. The minimum absolute atomic E-state index is 0.0830. The van der Waals surface area contributed by atoms with Crippen LogP contribution in [-0.2, 0) is 10.2 Å². The minimum Gasteiger partial charge on any atom is -0.491 e. The average molecular weight is 460 g/mol. The number of ether oxygens (including phenoxy) is 3. The molecule has 6 rings (SSSR count). The zero-order chi connectivity index (χ0) is 22.3. The molecule has 4 heterocycles. The Morgan fingerprint density at radius 3 is 2.53 bits per heavy atom. The van der Waals surface area contributed by atoms with Gasteiger partial charge in [-0.1, -0.05) is 12.1 Å². The molecule has 0 saturated heterocycles. The van der Waals surface area contributed by atoms with Gasteiger partial charge in [-0.25, -0.2) is 9.88 Å². The summed E-state index contributed by atoms with van der Waals surface area (Å²) in [5.74, 6) is 0.0205. The largest absolute Gasteiger partial charge is 0.491 e. The maximum absolute atomic E-state index is 14.1. The van der Waals surface area contributed by atoms with E-state index in [0.717, 1.165) is 5.01 Å². The number of rotatable bonds is 1. The number of nitrogens with zero attached hydrogens (tertiary/aromatic N) is 2. The molecule has 1 unspecified atom stereocenters. The molecule has 32 heavy (non-hydrogen) atoms. The van der Waals surface area contributed by atoms with Gasteiger partial charge in [-0.3, -0.25) is 4.79 Å². The first-order chi connectivity index (χ1) is 15.3. The number of amides is 1. The fraction of sp³-hybridized carbons (Fsp3) is 0.273. The van der Waals surface area contributed by atoms with Crippen LogP contribution in [-0.4, -0.2) is 37.0 Å². The van der Waals surface area contributed by atoms with E-state index in [1.807, 2.05) is 6.92 Å². The Labute approximate surface area is 184 Å². The zero-order valence-electron chi connectivity index (χ0n) is 16.7. The third-order valence-corrected chi connectivity index (χ3v) is 6.75. The van der Waals surface area contributed by atoms with Gasteiger partial charge in [0, 0.05) is 28.1 Å². The standard InChI is InChI=1S/C22H15F3N2O4S/c1-11-26-14(9-32-11)12-3-2-4-15-19(12)21(20(28)27(15)22(23,24)25)10-31-16-8-18-17(7-13(16)21)29-5-6-30-18/h2-4,7-9H,5-6,10H2,1H3. The highest BCUT2D eigenvalue weighted by atomic mass is 32.1. The van der Waals surface area contributed by atoms with Gasteiger partial charge in [0.1, 0.15) is 31.0 Å². The molecule has 1 aromatic heterocycles. The molecule has 1 atom stereocenters. The van der Waals surface area contributed by atoms with Crippen molar-refractivity contribution in [3.8, 4) is 28.5 Å². The van der Waals surface area contributed by atoms with Crippen LogP contribution >= 0.6 is 11.3 Å². The summed E-state index contributed by atoms with van der Waals surface area (Å²) in [7, 11) is 0. The topological polar surface area (TPSA) is 60.9 Å². The lowest BCUT2D eigenvalue weighted by atomic mass is 9.74. The number of benzene rings is 2. The first-order valence-corrected chi connectivity index (χ1v) is 10.7. The molecular weight excluding hydrogens is 445 g/mol. The molecule has 0 radical (unpaired) electrons. The highest BCUT2D eigenvalue weighted by molar-refractivity contribution is 7.09. The fourth-order valence-electron chi connectivity index (χ4n) is 4.71. The zero-order valence-corrected chi connectivity index (χ0v) is 17.5. The van der Waals surface area contributed by atoms with Gasteiger partial charge in [-0.15, -0.1) is 24.5 Å². The summed E-state index contributed by atoms with van der Waals surface area (Å²) < 4.78 is 59.4. The third-order valence-electron chi connectivity index (χ3n) is 5.98. The quantitative estimate of drug-likeness (QED) is 0.503. The number of halogens is 3. The summed E-state index contributed by atoms with van der Waals surface area (Å²) in [4.78, 5) is 18.0. The van der Waals surface area contributed by atoms with E-state index in [-0.39, 0.29) is 22.8 Å². The van der Waals surface area contributed by atoms with E-state index in [2.05, 4.69) is 4.98 Å². The molecule has 6 nitrogen and oxygen atoms in total. The Balaban J connectivity index is 1.66. The van der Waals surface area contributed by atoms with Gasteiger partial charge in [0.05, 0.1) is 16.4 Å². The smallest absolute Gasteiger partial charge is 0.491 e. The lowest BCUT2D eigenvalue weighted by Gasteiger charge is -2.26. The molecule has 0 bridgehead atoms. The van der Waals surface area contributed by atoms with Crippen molar-refractivity contribution in [3.63, 3.8) is 0 Å². The van der Waals surface area contributed by atoms with Gasteiger partial charge >= 0.3 is 6.30 Å². The SMILES string of the molecule is Cc1nc(-c2cccc3c2C2(COc4cc5c(cc42)OCCO5)C(=O)N3C(F)(F)F)cs1. The molecular formula is C22H15F3N2O4S. The number of carbonyl (C=O) groups excluding carboxylic acids is 1. The van der Waals surface area contributed by atoms with Crippen LogP contribution in [0.25, 0.3) is 11.3 Å². The van der Waals surface area contributed by atoms with Crippen LogP contribution < -0.4 is 19.1 Å². The number of hydrogen-bond donors (Lipinski definition) is 0. The number of alkyl halides is 3. The van der Waals surface area contributed by atoms with E-state index >= 15 is 0 Å². The van der Waals surface area contributed by atoms with E-state index < -0.39 is 17.6 Å². The van der Waals surface area contributed by atoms with E-state index in [1.165, 1.54) is 23.5 Å². The predicted molar refractivity (Wildman–Crippen MR) is 110 cm³/mol. The highest BCUT2D eigenvalue weighted by Gasteiger charge is 2.63. The number of hydrogen-bond acceptors (Lipinski definition) is 6. The van der Waals surface area contributed by atoms with E-state index in [9.17, 15) is 18.0 Å². The molecule has 1 spiro atoms. The van der Waals surface area contributed by atoms with E-state index in [1.54, 1.807) is 23.6 Å².